The average Bonchev–Trinajstić information content (AvgIpc) is 2.51. The van der Waals surface area contributed by atoms with E-state index in [0.29, 0.717) is 18.1 Å². The lowest BCUT2D eigenvalue weighted by molar-refractivity contribution is 0.102. The Labute approximate surface area is 151 Å². The Balaban J connectivity index is 1.94. The van der Waals surface area contributed by atoms with E-state index in [0.717, 1.165) is 21.4 Å². The molecule has 4 heteroatoms. The van der Waals surface area contributed by atoms with Crippen LogP contribution >= 0.6 is 22.6 Å². The van der Waals surface area contributed by atoms with Crippen LogP contribution in [0.3, 0.4) is 0 Å². The number of aryl methyl sites for hydroxylation is 1. The minimum atomic E-state index is -0.101. The maximum Gasteiger partial charge on any atom is 0.255 e. The number of hydrogen-bond donors (Lipinski definition) is 1. The molecule has 2 aromatic carbocycles. The predicted molar refractivity (Wildman–Crippen MR) is 103 cm³/mol. The molecule has 0 aromatic heterocycles. The number of hydrogen-bond acceptors (Lipinski definition) is 2. The van der Waals surface area contributed by atoms with Crippen LogP contribution in [0, 0.1) is 16.4 Å². The van der Waals surface area contributed by atoms with E-state index < -0.39 is 0 Å². The number of carbonyl (C=O) groups excluding carboxylic acids is 1. The molecular weight excluding hydrogens is 401 g/mol. The lowest BCUT2D eigenvalue weighted by Crippen LogP contribution is -2.12. The molecule has 0 aliphatic heterocycles. The fourth-order valence-corrected chi connectivity index (χ4v) is 2.50. The van der Waals surface area contributed by atoms with Gasteiger partial charge in [0.1, 0.15) is 5.75 Å². The second-order valence-electron chi connectivity index (χ2n) is 5.97. The highest BCUT2D eigenvalue weighted by Crippen LogP contribution is 2.18. The van der Waals surface area contributed by atoms with E-state index in [9.17, 15) is 4.79 Å². The van der Waals surface area contributed by atoms with Crippen molar-refractivity contribution < 1.29 is 9.53 Å². The van der Waals surface area contributed by atoms with Gasteiger partial charge in [-0.2, -0.15) is 0 Å². The standard InChI is InChI=1S/C19H22INO2/c1-13(2)10-11-23-17-8-6-16(7-9-17)21-19(22)15-5-4-14(3)18(20)12-15/h4-9,12-13H,10-11H2,1-3H3,(H,21,22). The van der Waals surface area contributed by atoms with Crippen molar-refractivity contribution in [2.75, 3.05) is 11.9 Å². The van der Waals surface area contributed by atoms with Crippen LogP contribution in [0.25, 0.3) is 0 Å². The number of carbonyl (C=O) groups is 1. The number of rotatable bonds is 6. The van der Waals surface area contributed by atoms with E-state index in [1.54, 1.807) is 0 Å². The molecular formula is C19H22INO2. The molecule has 0 fully saturated rings. The number of anilines is 1. The van der Waals surface area contributed by atoms with Gasteiger partial charge >= 0.3 is 0 Å². The first-order chi connectivity index (χ1) is 11.0. The van der Waals surface area contributed by atoms with Gasteiger partial charge < -0.3 is 10.1 Å². The third-order valence-electron chi connectivity index (χ3n) is 3.51. The van der Waals surface area contributed by atoms with Gasteiger partial charge in [0, 0.05) is 14.8 Å². The largest absolute Gasteiger partial charge is 0.494 e. The van der Waals surface area contributed by atoms with E-state index in [2.05, 4.69) is 41.8 Å². The summed E-state index contributed by atoms with van der Waals surface area (Å²) in [6, 6.07) is 13.2. The van der Waals surface area contributed by atoms with Gasteiger partial charge in [0.2, 0.25) is 0 Å². The molecule has 0 aliphatic carbocycles. The van der Waals surface area contributed by atoms with E-state index in [4.69, 9.17) is 4.74 Å². The number of ether oxygens (including phenoxy) is 1. The zero-order chi connectivity index (χ0) is 16.8. The van der Waals surface area contributed by atoms with Gasteiger partial charge in [-0.3, -0.25) is 4.79 Å². The third-order valence-corrected chi connectivity index (χ3v) is 4.67. The molecule has 0 bridgehead atoms. The highest BCUT2D eigenvalue weighted by molar-refractivity contribution is 14.1. The molecule has 1 amide bonds. The summed E-state index contributed by atoms with van der Waals surface area (Å²) in [6.45, 7) is 7.09. The molecule has 0 heterocycles. The van der Waals surface area contributed by atoms with Crippen molar-refractivity contribution >= 4 is 34.2 Å². The Hall–Kier alpha value is -1.56. The quantitative estimate of drug-likeness (QED) is 0.643. The average molecular weight is 423 g/mol. The predicted octanol–water partition coefficient (Wildman–Crippen LogP) is 5.28. The molecule has 0 aliphatic rings. The van der Waals surface area contributed by atoms with Crippen molar-refractivity contribution in [3.8, 4) is 5.75 Å². The summed E-state index contributed by atoms with van der Waals surface area (Å²) >= 11 is 2.24. The maximum absolute atomic E-state index is 12.3. The summed E-state index contributed by atoms with van der Waals surface area (Å²) in [4.78, 5) is 12.3. The lowest BCUT2D eigenvalue weighted by atomic mass is 10.1. The lowest BCUT2D eigenvalue weighted by Gasteiger charge is -2.10. The summed E-state index contributed by atoms with van der Waals surface area (Å²) in [7, 11) is 0. The minimum Gasteiger partial charge on any atom is -0.494 e. The molecule has 0 atom stereocenters. The maximum atomic E-state index is 12.3. The van der Waals surface area contributed by atoms with Crippen molar-refractivity contribution in [1.82, 2.24) is 0 Å². The normalized spacial score (nSPS) is 10.7. The van der Waals surface area contributed by atoms with Crippen molar-refractivity contribution in [2.45, 2.75) is 27.2 Å². The zero-order valence-corrected chi connectivity index (χ0v) is 15.9. The number of halogens is 1. The van der Waals surface area contributed by atoms with Gasteiger partial charge in [0.15, 0.2) is 0 Å². The smallest absolute Gasteiger partial charge is 0.255 e. The molecule has 1 N–H and O–H groups in total. The van der Waals surface area contributed by atoms with E-state index >= 15 is 0 Å². The summed E-state index contributed by atoms with van der Waals surface area (Å²) in [5, 5.41) is 2.91. The monoisotopic (exact) mass is 423 g/mol. The van der Waals surface area contributed by atoms with Crippen LogP contribution in [0.2, 0.25) is 0 Å². The number of amides is 1. The molecule has 0 saturated carbocycles. The Bertz CT molecular complexity index is 666. The van der Waals surface area contributed by atoms with Crippen LogP contribution in [0.5, 0.6) is 5.75 Å². The van der Waals surface area contributed by atoms with Gasteiger partial charge in [-0.1, -0.05) is 19.9 Å². The SMILES string of the molecule is Cc1ccc(C(=O)Nc2ccc(OCCC(C)C)cc2)cc1I. The van der Waals surface area contributed by atoms with Gasteiger partial charge in [0.25, 0.3) is 5.91 Å². The van der Waals surface area contributed by atoms with Gasteiger partial charge in [-0.05, 0) is 83.8 Å². The molecule has 23 heavy (non-hydrogen) atoms. The highest BCUT2D eigenvalue weighted by Gasteiger charge is 2.08. The molecule has 122 valence electrons. The summed E-state index contributed by atoms with van der Waals surface area (Å²) in [5.41, 5.74) is 2.60. The second kappa shape index (κ2) is 8.34. The summed E-state index contributed by atoms with van der Waals surface area (Å²) < 4.78 is 6.76. The highest BCUT2D eigenvalue weighted by atomic mass is 127. The van der Waals surface area contributed by atoms with Gasteiger partial charge in [0.05, 0.1) is 6.61 Å². The van der Waals surface area contributed by atoms with Crippen molar-refractivity contribution in [2.24, 2.45) is 5.92 Å². The number of nitrogens with one attached hydrogen (secondary N) is 1. The molecule has 2 rings (SSSR count). The zero-order valence-electron chi connectivity index (χ0n) is 13.7. The molecule has 0 unspecified atom stereocenters. The Morgan fingerprint density at radius 2 is 1.87 bits per heavy atom. The van der Waals surface area contributed by atoms with E-state index in [-0.39, 0.29) is 5.91 Å². The van der Waals surface area contributed by atoms with Crippen LogP contribution < -0.4 is 10.1 Å². The number of benzene rings is 2. The Kier molecular flexibility index (Phi) is 6.45. The van der Waals surface area contributed by atoms with Crippen molar-refractivity contribution in [3.63, 3.8) is 0 Å². The van der Waals surface area contributed by atoms with Crippen LogP contribution in [-0.2, 0) is 0 Å². The van der Waals surface area contributed by atoms with Crippen molar-refractivity contribution in [1.29, 1.82) is 0 Å². The van der Waals surface area contributed by atoms with Crippen LogP contribution in [0.15, 0.2) is 42.5 Å². The van der Waals surface area contributed by atoms with E-state index in [1.165, 1.54) is 5.56 Å². The molecule has 0 saturated heterocycles. The third kappa shape index (κ3) is 5.53. The summed E-state index contributed by atoms with van der Waals surface area (Å²) in [5.74, 6) is 1.36. The van der Waals surface area contributed by atoms with E-state index in [1.807, 2.05) is 49.4 Å². The second-order valence-corrected chi connectivity index (χ2v) is 7.14. The first kappa shape index (κ1) is 17.8. The first-order valence-corrected chi connectivity index (χ1v) is 8.84. The topological polar surface area (TPSA) is 38.3 Å². The van der Waals surface area contributed by atoms with Crippen LogP contribution in [0.1, 0.15) is 36.2 Å². The Morgan fingerprint density at radius 1 is 1.17 bits per heavy atom. The molecule has 2 aromatic rings. The Morgan fingerprint density at radius 3 is 2.48 bits per heavy atom. The molecule has 0 spiro atoms. The van der Waals surface area contributed by atoms with Crippen LogP contribution in [-0.4, -0.2) is 12.5 Å². The first-order valence-electron chi connectivity index (χ1n) is 7.76. The van der Waals surface area contributed by atoms with Gasteiger partial charge in [-0.15, -0.1) is 0 Å². The van der Waals surface area contributed by atoms with Crippen LogP contribution in [0.4, 0.5) is 5.69 Å². The summed E-state index contributed by atoms with van der Waals surface area (Å²) in [6.07, 6.45) is 1.03. The fourth-order valence-electron chi connectivity index (χ4n) is 1.98. The fraction of sp³-hybridized carbons (Fsp3) is 0.316. The molecule has 0 radical (unpaired) electrons. The molecule has 3 nitrogen and oxygen atoms in total. The van der Waals surface area contributed by atoms with Crippen molar-refractivity contribution in [3.05, 3.63) is 57.2 Å². The van der Waals surface area contributed by atoms with Gasteiger partial charge in [-0.25, -0.2) is 0 Å². The minimum absolute atomic E-state index is 0.101.